The number of carbonyl (C=O) groups is 1. The van der Waals surface area contributed by atoms with E-state index in [-0.39, 0.29) is 17.5 Å². The van der Waals surface area contributed by atoms with E-state index < -0.39 is 0 Å². The van der Waals surface area contributed by atoms with Gasteiger partial charge in [0.2, 0.25) is 0 Å². The van der Waals surface area contributed by atoms with E-state index in [9.17, 15) is 9.59 Å². The molecule has 1 atom stereocenters. The fourth-order valence-electron chi connectivity index (χ4n) is 4.23. The maximum Gasteiger partial charge on any atom is 0.271 e. The van der Waals surface area contributed by atoms with Crippen molar-refractivity contribution in [1.29, 1.82) is 0 Å². The van der Waals surface area contributed by atoms with Gasteiger partial charge in [-0.05, 0) is 23.3 Å². The van der Waals surface area contributed by atoms with Crippen molar-refractivity contribution in [3.05, 3.63) is 127 Å². The number of para-hydroxylation sites is 1. The van der Waals surface area contributed by atoms with Crippen molar-refractivity contribution in [2.45, 2.75) is 6.04 Å². The van der Waals surface area contributed by atoms with Gasteiger partial charge in [-0.2, -0.15) is 0 Å². The predicted octanol–water partition coefficient (Wildman–Crippen LogP) is 3.32. The molecule has 6 rings (SSSR count). The molecule has 1 N–H and O–H groups in total. The highest BCUT2D eigenvalue weighted by molar-refractivity contribution is 7.07. The third-order valence-corrected chi connectivity index (χ3v) is 6.79. The van der Waals surface area contributed by atoms with Crippen LogP contribution in [0.1, 0.15) is 22.7 Å². The molecule has 0 unspecified atom stereocenters. The molecule has 5 nitrogen and oxygen atoms in total. The van der Waals surface area contributed by atoms with Crippen molar-refractivity contribution in [2.24, 2.45) is 4.99 Å². The highest BCUT2D eigenvalue weighted by atomic mass is 32.1. The van der Waals surface area contributed by atoms with Crippen LogP contribution in [0.4, 0.5) is 5.69 Å². The Labute approximate surface area is 187 Å². The van der Waals surface area contributed by atoms with Gasteiger partial charge in [-0.3, -0.25) is 14.2 Å². The molecule has 32 heavy (non-hydrogen) atoms. The number of carbonyl (C=O) groups excluding carboxylic acids is 1. The number of anilines is 1. The van der Waals surface area contributed by atoms with Crippen LogP contribution in [0.2, 0.25) is 0 Å². The average molecular weight is 436 g/mol. The molecule has 3 heterocycles. The van der Waals surface area contributed by atoms with E-state index in [4.69, 9.17) is 4.99 Å². The molecular formula is C26H17N3O2S. The summed E-state index contributed by atoms with van der Waals surface area (Å²) in [6, 6.07) is 27.0. The molecule has 0 saturated heterocycles. The van der Waals surface area contributed by atoms with Gasteiger partial charge >= 0.3 is 0 Å². The Balaban J connectivity index is 1.66. The third-order valence-electron chi connectivity index (χ3n) is 5.73. The first-order valence-electron chi connectivity index (χ1n) is 10.3. The first kappa shape index (κ1) is 18.7. The Kier molecular flexibility index (Phi) is 4.26. The Morgan fingerprint density at radius 3 is 2.31 bits per heavy atom. The van der Waals surface area contributed by atoms with Crippen molar-refractivity contribution in [3.8, 4) is 0 Å². The van der Waals surface area contributed by atoms with Crippen LogP contribution in [0, 0.1) is 0 Å². The molecule has 2 aliphatic rings. The smallest absolute Gasteiger partial charge is 0.271 e. The summed E-state index contributed by atoms with van der Waals surface area (Å²) in [5.74, 6) is -0.255. The number of benzene rings is 3. The zero-order valence-electron chi connectivity index (χ0n) is 16.9. The summed E-state index contributed by atoms with van der Waals surface area (Å²) in [5.41, 5.74) is 4.48. The lowest BCUT2D eigenvalue weighted by molar-refractivity contribution is -0.110. The maximum absolute atomic E-state index is 13.7. The fourth-order valence-corrected chi connectivity index (χ4v) is 5.34. The second kappa shape index (κ2) is 7.28. The van der Waals surface area contributed by atoms with Gasteiger partial charge in [0.15, 0.2) is 4.80 Å². The zero-order chi connectivity index (χ0) is 21.7. The number of allylic oxidation sites excluding steroid dienone is 1. The standard InChI is InChI=1S/C26H17N3O2S/c30-24-22(18-13-7-8-14-19(18)27-24)23-25(31)29-21(17-11-5-2-6-12-17)15-20(28-26(29)32-23)16-9-3-1-4-10-16/h1-15,21H,(H,27,30)/b23-22-/t21-/m1/s1. The van der Waals surface area contributed by atoms with Crippen molar-refractivity contribution in [3.63, 3.8) is 0 Å². The van der Waals surface area contributed by atoms with Crippen LogP contribution in [0.25, 0.3) is 11.3 Å². The lowest BCUT2D eigenvalue weighted by atomic mass is 10.0. The number of amides is 1. The Bertz CT molecular complexity index is 1580. The summed E-state index contributed by atoms with van der Waals surface area (Å²) in [6.45, 7) is 0. The monoisotopic (exact) mass is 435 g/mol. The molecule has 3 aromatic carbocycles. The van der Waals surface area contributed by atoms with Crippen LogP contribution in [0.5, 0.6) is 0 Å². The van der Waals surface area contributed by atoms with Crippen LogP contribution < -0.4 is 20.2 Å². The number of hydrogen-bond donors (Lipinski definition) is 1. The Morgan fingerprint density at radius 2 is 1.53 bits per heavy atom. The molecule has 154 valence electrons. The van der Waals surface area contributed by atoms with Gasteiger partial charge in [-0.25, -0.2) is 4.99 Å². The minimum absolute atomic E-state index is 0.201. The molecular weight excluding hydrogens is 418 g/mol. The van der Waals surface area contributed by atoms with Gasteiger partial charge in [-0.1, -0.05) is 90.2 Å². The van der Waals surface area contributed by atoms with Crippen molar-refractivity contribution >= 4 is 34.2 Å². The number of rotatable bonds is 2. The van der Waals surface area contributed by atoms with Crippen LogP contribution in [-0.2, 0) is 4.79 Å². The summed E-state index contributed by atoms with van der Waals surface area (Å²) in [5, 5.41) is 2.87. The number of hydrogen-bond acceptors (Lipinski definition) is 4. The molecule has 6 heteroatoms. The van der Waals surface area contributed by atoms with Gasteiger partial charge in [0.1, 0.15) is 4.53 Å². The fraction of sp³-hybridized carbons (Fsp3) is 0.0385. The highest BCUT2D eigenvalue weighted by Crippen LogP contribution is 2.30. The second-order valence-corrected chi connectivity index (χ2v) is 8.63. The van der Waals surface area contributed by atoms with Crippen LogP contribution >= 0.6 is 11.3 Å². The van der Waals surface area contributed by atoms with Gasteiger partial charge < -0.3 is 5.32 Å². The SMILES string of the molecule is O=C1Nc2ccccc2/C1=c1/sc2n(c1=O)[C@@H](c1ccccc1)C=C(c1ccccc1)N=2. The molecule has 0 radical (unpaired) electrons. The van der Waals surface area contributed by atoms with E-state index in [0.717, 1.165) is 28.1 Å². The largest absolute Gasteiger partial charge is 0.321 e. The summed E-state index contributed by atoms with van der Waals surface area (Å²) in [4.78, 5) is 31.9. The second-order valence-electron chi connectivity index (χ2n) is 7.65. The number of nitrogens with one attached hydrogen (secondary N) is 1. The van der Waals surface area contributed by atoms with E-state index in [2.05, 4.69) is 5.32 Å². The normalized spacial score (nSPS) is 18.3. The number of thiazole rings is 1. The first-order chi connectivity index (χ1) is 15.7. The van der Waals surface area contributed by atoms with E-state index in [1.54, 1.807) is 4.57 Å². The molecule has 0 bridgehead atoms. The van der Waals surface area contributed by atoms with E-state index in [1.807, 2.05) is 91.0 Å². The van der Waals surface area contributed by atoms with Gasteiger partial charge in [0.25, 0.3) is 11.5 Å². The van der Waals surface area contributed by atoms with E-state index >= 15 is 0 Å². The predicted molar refractivity (Wildman–Crippen MR) is 126 cm³/mol. The molecule has 0 spiro atoms. The molecule has 1 amide bonds. The topological polar surface area (TPSA) is 63.5 Å². The maximum atomic E-state index is 13.7. The Hall–Kier alpha value is -4.03. The quantitative estimate of drug-likeness (QED) is 0.525. The van der Waals surface area contributed by atoms with Crippen LogP contribution in [-0.4, -0.2) is 10.5 Å². The van der Waals surface area contributed by atoms with Crippen molar-refractivity contribution in [2.75, 3.05) is 5.32 Å². The van der Waals surface area contributed by atoms with E-state index in [1.165, 1.54) is 11.3 Å². The van der Waals surface area contributed by atoms with Gasteiger partial charge in [0, 0.05) is 11.3 Å². The van der Waals surface area contributed by atoms with Gasteiger partial charge in [-0.15, -0.1) is 0 Å². The average Bonchev–Trinajstić information content (AvgIpc) is 3.35. The summed E-state index contributed by atoms with van der Waals surface area (Å²) in [7, 11) is 0. The Morgan fingerprint density at radius 1 is 0.844 bits per heavy atom. The molecule has 0 fully saturated rings. The van der Waals surface area contributed by atoms with Crippen molar-refractivity contribution < 1.29 is 4.79 Å². The lowest BCUT2D eigenvalue weighted by Gasteiger charge is -2.19. The van der Waals surface area contributed by atoms with Crippen LogP contribution in [0.3, 0.4) is 0 Å². The van der Waals surface area contributed by atoms with E-state index in [0.29, 0.717) is 14.9 Å². The lowest BCUT2D eigenvalue weighted by Crippen LogP contribution is -2.37. The highest BCUT2D eigenvalue weighted by Gasteiger charge is 2.29. The van der Waals surface area contributed by atoms with Gasteiger partial charge in [0.05, 0.1) is 17.3 Å². The third kappa shape index (κ3) is 2.88. The van der Waals surface area contributed by atoms with Crippen LogP contribution in [0.15, 0.2) is 101 Å². The van der Waals surface area contributed by atoms with Crippen molar-refractivity contribution in [1.82, 2.24) is 4.57 Å². The minimum atomic E-state index is -0.309. The minimum Gasteiger partial charge on any atom is -0.321 e. The first-order valence-corrected chi connectivity index (χ1v) is 11.1. The summed E-state index contributed by atoms with van der Waals surface area (Å²) >= 11 is 1.27. The molecule has 2 aliphatic heterocycles. The molecule has 4 aromatic rings. The number of fused-ring (bicyclic) bond motifs is 2. The summed E-state index contributed by atoms with van der Waals surface area (Å²) < 4.78 is 2.11. The molecule has 0 saturated carbocycles. The zero-order valence-corrected chi connectivity index (χ0v) is 17.7. The summed E-state index contributed by atoms with van der Waals surface area (Å²) in [6.07, 6.45) is 2.02. The number of aromatic nitrogens is 1. The molecule has 1 aromatic heterocycles. The number of nitrogens with zero attached hydrogens (tertiary/aromatic N) is 2. The molecule has 0 aliphatic carbocycles.